The van der Waals surface area contributed by atoms with Gasteiger partial charge < -0.3 is 25.3 Å². The van der Waals surface area contributed by atoms with Gasteiger partial charge in [-0.15, -0.1) is 0 Å². The lowest BCUT2D eigenvalue weighted by molar-refractivity contribution is 0.286. The lowest BCUT2D eigenvalue weighted by Gasteiger charge is -2.16. The summed E-state index contributed by atoms with van der Waals surface area (Å²) in [6.07, 6.45) is 4.07. The third kappa shape index (κ3) is 5.94. The third-order valence-corrected chi connectivity index (χ3v) is 4.46. The summed E-state index contributed by atoms with van der Waals surface area (Å²) in [5, 5.41) is 10.3. The molecule has 0 spiro atoms. The molecule has 0 fully saturated rings. The van der Waals surface area contributed by atoms with Gasteiger partial charge in [-0.1, -0.05) is 24.3 Å². The molecule has 0 bridgehead atoms. The number of aromatic amines is 1. The first-order valence-electron chi connectivity index (χ1n) is 9.52. The molecule has 0 radical (unpaired) electrons. The van der Waals surface area contributed by atoms with Crippen LogP contribution in [0.15, 0.2) is 79.0 Å². The van der Waals surface area contributed by atoms with E-state index in [2.05, 4.69) is 4.98 Å². The number of methoxy groups -OCH3 is 1. The first-order valence-corrected chi connectivity index (χ1v) is 9.52. The number of aromatic hydroxyl groups is 1. The van der Waals surface area contributed by atoms with Crippen molar-refractivity contribution in [3.63, 3.8) is 0 Å². The molecule has 0 unspecified atom stereocenters. The van der Waals surface area contributed by atoms with Crippen LogP contribution in [0.1, 0.15) is 12.0 Å². The SMILES string of the molecule is COc1ccc2cc[nH]c2c1.Nc1ccccc1.Oc1ccc2c(c1)OCCC2. The first-order chi connectivity index (χ1) is 14.2. The molecule has 5 nitrogen and oxygen atoms in total. The highest BCUT2D eigenvalue weighted by Crippen LogP contribution is 2.28. The van der Waals surface area contributed by atoms with Crippen molar-refractivity contribution in [1.82, 2.24) is 4.98 Å². The average molecular weight is 390 g/mol. The minimum Gasteiger partial charge on any atom is -0.508 e. The van der Waals surface area contributed by atoms with Gasteiger partial charge in [0.15, 0.2) is 0 Å². The molecular formula is C24H26N2O3. The van der Waals surface area contributed by atoms with Gasteiger partial charge in [-0.2, -0.15) is 0 Å². The highest BCUT2D eigenvalue weighted by molar-refractivity contribution is 5.80. The standard InChI is InChI=1S/C9H9NO.C9H10O2.C6H7N/c1-11-8-3-2-7-4-5-10-9(7)6-8;10-8-4-3-7-2-1-5-11-9(7)6-8;7-6-4-2-1-3-5-6/h2-6,10H,1H3;3-4,6,10H,1-2,5H2;1-5H,7H2. The maximum atomic E-state index is 9.11. The molecule has 4 aromatic rings. The van der Waals surface area contributed by atoms with Gasteiger partial charge >= 0.3 is 0 Å². The van der Waals surface area contributed by atoms with Crippen molar-refractivity contribution in [3.05, 3.63) is 84.6 Å². The number of rotatable bonds is 1. The number of aryl methyl sites for hydroxylation is 1. The molecule has 150 valence electrons. The summed E-state index contributed by atoms with van der Waals surface area (Å²) >= 11 is 0. The van der Waals surface area contributed by atoms with E-state index < -0.39 is 0 Å². The van der Waals surface area contributed by atoms with E-state index in [1.54, 1.807) is 19.2 Å². The quantitative estimate of drug-likeness (QED) is 0.392. The molecule has 4 N–H and O–H groups in total. The number of nitrogen functional groups attached to an aromatic ring is 1. The Morgan fingerprint density at radius 1 is 1.00 bits per heavy atom. The molecule has 5 rings (SSSR count). The van der Waals surface area contributed by atoms with Crippen molar-refractivity contribution in [2.75, 3.05) is 19.5 Å². The summed E-state index contributed by atoms with van der Waals surface area (Å²) in [6, 6.07) is 22.8. The van der Waals surface area contributed by atoms with Crippen molar-refractivity contribution in [3.8, 4) is 17.2 Å². The van der Waals surface area contributed by atoms with Crippen LogP contribution in [-0.2, 0) is 6.42 Å². The van der Waals surface area contributed by atoms with E-state index >= 15 is 0 Å². The molecule has 2 heterocycles. The third-order valence-electron chi connectivity index (χ3n) is 4.46. The molecule has 3 aromatic carbocycles. The predicted molar refractivity (Wildman–Crippen MR) is 118 cm³/mol. The molecule has 1 aliphatic heterocycles. The van der Waals surface area contributed by atoms with Crippen LogP contribution in [0.5, 0.6) is 17.2 Å². The Hall–Kier alpha value is -3.60. The molecule has 29 heavy (non-hydrogen) atoms. The van der Waals surface area contributed by atoms with Gasteiger partial charge in [0.05, 0.1) is 13.7 Å². The minimum atomic E-state index is 0.283. The first kappa shape index (κ1) is 20.1. The molecule has 0 saturated carbocycles. The van der Waals surface area contributed by atoms with Gasteiger partial charge in [-0.3, -0.25) is 0 Å². The van der Waals surface area contributed by atoms with Crippen LogP contribution < -0.4 is 15.2 Å². The fourth-order valence-corrected chi connectivity index (χ4v) is 2.94. The van der Waals surface area contributed by atoms with Crippen LogP contribution in [0.4, 0.5) is 5.69 Å². The monoisotopic (exact) mass is 390 g/mol. The van der Waals surface area contributed by atoms with Crippen LogP contribution in [-0.4, -0.2) is 23.8 Å². The summed E-state index contributed by atoms with van der Waals surface area (Å²) in [4.78, 5) is 3.11. The number of phenols is 1. The Bertz CT molecular complexity index is 1030. The fraction of sp³-hybridized carbons (Fsp3) is 0.167. The second-order valence-electron chi connectivity index (χ2n) is 6.59. The minimum absolute atomic E-state index is 0.283. The number of nitrogens with one attached hydrogen (secondary N) is 1. The maximum absolute atomic E-state index is 9.11. The zero-order chi connectivity index (χ0) is 20.5. The Labute approximate surface area is 170 Å². The Morgan fingerprint density at radius 3 is 2.55 bits per heavy atom. The van der Waals surface area contributed by atoms with Crippen LogP contribution in [0, 0.1) is 0 Å². The van der Waals surface area contributed by atoms with E-state index in [1.807, 2.05) is 66.9 Å². The van der Waals surface area contributed by atoms with E-state index in [-0.39, 0.29) is 5.75 Å². The van der Waals surface area contributed by atoms with Crippen LogP contribution >= 0.6 is 0 Å². The lowest BCUT2D eigenvalue weighted by Crippen LogP contribution is -2.07. The Kier molecular flexibility index (Phi) is 7.00. The van der Waals surface area contributed by atoms with Crippen LogP contribution in [0.2, 0.25) is 0 Å². The second-order valence-corrected chi connectivity index (χ2v) is 6.59. The number of hydrogen-bond donors (Lipinski definition) is 3. The van der Waals surface area contributed by atoms with Crippen molar-refractivity contribution >= 4 is 16.6 Å². The molecule has 0 amide bonds. The van der Waals surface area contributed by atoms with E-state index in [9.17, 15) is 0 Å². The fourth-order valence-electron chi connectivity index (χ4n) is 2.94. The van der Waals surface area contributed by atoms with Crippen molar-refractivity contribution in [2.45, 2.75) is 12.8 Å². The number of ether oxygens (including phenoxy) is 2. The molecule has 0 aliphatic carbocycles. The number of aromatic nitrogens is 1. The molecule has 0 saturated heterocycles. The van der Waals surface area contributed by atoms with E-state index in [4.69, 9.17) is 20.3 Å². The van der Waals surface area contributed by atoms with Crippen molar-refractivity contribution < 1.29 is 14.6 Å². The number of nitrogens with two attached hydrogens (primary N) is 1. The topological polar surface area (TPSA) is 80.5 Å². The van der Waals surface area contributed by atoms with E-state index in [0.29, 0.717) is 0 Å². The van der Waals surface area contributed by atoms with Gasteiger partial charge in [0.25, 0.3) is 0 Å². The molecule has 1 aromatic heterocycles. The predicted octanol–water partition coefficient (Wildman–Crippen LogP) is 5.16. The smallest absolute Gasteiger partial charge is 0.126 e. The average Bonchev–Trinajstić information content (AvgIpc) is 3.23. The second kappa shape index (κ2) is 10.1. The van der Waals surface area contributed by atoms with E-state index in [1.165, 1.54) is 10.9 Å². The number of benzene rings is 3. The number of anilines is 1. The highest BCUT2D eigenvalue weighted by atomic mass is 16.5. The van der Waals surface area contributed by atoms with Gasteiger partial charge in [-0.25, -0.2) is 0 Å². The number of para-hydroxylation sites is 1. The summed E-state index contributed by atoms with van der Waals surface area (Å²) in [5.41, 5.74) is 8.50. The van der Waals surface area contributed by atoms with Crippen LogP contribution in [0.25, 0.3) is 10.9 Å². The summed E-state index contributed by atoms with van der Waals surface area (Å²) < 4.78 is 10.4. The van der Waals surface area contributed by atoms with Crippen LogP contribution in [0.3, 0.4) is 0 Å². The number of hydrogen-bond acceptors (Lipinski definition) is 4. The number of fused-ring (bicyclic) bond motifs is 2. The Morgan fingerprint density at radius 2 is 1.83 bits per heavy atom. The normalized spacial score (nSPS) is 11.8. The molecular weight excluding hydrogens is 364 g/mol. The summed E-state index contributed by atoms with van der Waals surface area (Å²) in [6.45, 7) is 0.774. The molecule has 0 atom stereocenters. The van der Waals surface area contributed by atoms with Crippen molar-refractivity contribution in [2.24, 2.45) is 0 Å². The number of phenolic OH excluding ortho intramolecular Hbond substituents is 1. The Balaban J connectivity index is 0.000000128. The number of H-pyrrole nitrogens is 1. The van der Waals surface area contributed by atoms with E-state index in [0.717, 1.165) is 42.2 Å². The van der Waals surface area contributed by atoms with Crippen molar-refractivity contribution in [1.29, 1.82) is 0 Å². The molecule has 1 aliphatic rings. The summed E-state index contributed by atoms with van der Waals surface area (Å²) in [7, 11) is 1.67. The molecule has 5 heteroatoms. The summed E-state index contributed by atoms with van der Waals surface area (Å²) in [5.74, 6) is 2.02. The maximum Gasteiger partial charge on any atom is 0.126 e. The lowest BCUT2D eigenvalue weighted by atomic mass is 10.1. The highest BCUT2D eigenvalue weighted by Gasteiger charge is 2.09. The zero-order valence-electron chi connectivity index (χ0n) is 16.5. The zero-order valence-corrected chi connectivity index (χ0v) is 16.5. The largest absolute Gasteiger partial charge is 0.508 e. The van der Waals surface area contributed by atoms with Gasteiger partial charge in [-0.05, 0) is 60.2 Å². The van der Waals surface area contributed by atoms with Gasteiger partial charge in [0.2, 0.25) is 0 Å². The van der Waals surface area contributed by atoms with Gasteiger partial charge in [0.1, 0.15) is 17.2 Å². The van der Waals surface area contributed by atoms with Gasteiger partial charge in [0, 0.05) is 29.5 Å².